The topological polar surface area (TPSA) is 82.3 Å². The minimum absolute atomic E-state index is 0.350. The fourth-order valence-corrected chi connectivity index (χ4v) is 1.58. The monoisotopic (exact) mass is 260 g/mol. The highest BCUT2D eigenvalue weighted by atomic mass is 16.5. The summed E-state index contributed by atoms with van der Waals surface area (Å²) in [5.74, 6) is 1.68. The van der Waals surface area contributed by atoms with Crippen molar-refractivity contribution in [2.75, 3.05) is 24.8 Å². The van der Waals surface area contributed by atoms with Gasteiger partial charge in [-0.2, -0.15) is 4.98 Å². The van der Waals surface area contributed by atoms with Crippen LogP contribution in [0.2, 0.25) is 0 Å². The van der Waals surface area contributed by atoms with Crippen LogP contribution in [-0.4, -0.2) is 23.7 Å². The van der Waals surface area contributed by atoms with Crippen LogP contribution >= 0.6 is 0 Å². The van der Waals surface area contributed by atoms with Crippen LogP contribution in [0.5, 0.6) is 11.6 Å². The van der Waals surface area contributed by atoms with Gasteiger partial charge in [0.15, 0.2) is 5.82 Å². The number of nitrogens with zero attached hydrogens (tertiary/aromatic N) is 2. The SMILES string of the molecule is CCOc1ccc(Nc2ncnc(OC)c2N)cc1. The first-order chi connectivity index (χ1) is 9.24. The first-order valence-corrected chi connectivity index (χ1v) is 5.89. The van der Waals surface area contributed by atoms with Gasteiger partial charge in [-0.3, -0.25) is 0 Å². The number of ether oxygens (including phenoxy) is 2. The van der Waals surface area contributed by atoms with E-state index in [1.54, 1.807) is 0 Å². The number of methoxy groups -OCH3 is 1. The Kier molecular flexibility index (Phi) is 4.02. The minimum Gasteiger partial charge on any atom is -0.494 e. The third-order valence-corrected chi connectivity index (χ3v) is 2.47. The van der Waals surface area contributed by atoms with Crippen LogP contribution in [-0.2, 0) is 0 Å². The lowest BCUT2D eigenvalue weighted by Crippen LogP contribution is -2.03. The second-order valence-corrected chi connectivity index (χ2v) is 3.73. The molecule has 0 spiro atoms. The van der Waals surface area contributed by atoms with E-state index < -0.39 is 0 Å². The highest BCUT2D eigenvalue weighted by Gasteiger charge is 2.08. The summed E-state index contributed by atoms with van der Waals surface area (Å²) >= 11 is 0. The zero-order chi connectivity index (χ0) is 13.7. The van der Waals surface area contributed by atoms with Crippen molar-refractivity contribution in [3.05, 3.63) is 30.6 Å². The predicted molar refractivity (Wildman–Crippen MR) is 73.9 cm³/mol. The van der Waals surface area contributed by atoms with E-state index in [1.165, 1.54) is 13.4 Å². The number of nitrogens with one attached hydrogen (secondary N) is 1. The van der Waals surface area contributed by atoms with E-state index in [1.807, 2.05) is 31.2 Å². The molecule has 0 saturated carbocycles. The van der Waals surface area contributed by atoms with Gasteiger partial charge in [-0.1, -0.05) is 0 Å². The van der Waals surface area contributed by atoms with Crippen LogP contribution < -0.4 is 20.5 Å². The Morgan fingerprint density at radius 2 is 1.95 bits per heavy atom. The summed E-state index contributed by atoms with van der Waals surface area (Å²) in [6.07, 6.45) is 1.39. The van der Waals surface area contributed by atoms with Crippen molar-refractivity contribution in [3.63, 3.8) is 0 Å². The fraction of sp³-hybridized carbons (Fsp3) is 0.231. The summed E-state index contributed by atoms with van der Waals surface area (Å²) < 4.78 is 10.4. The molecule has 0 radical (unpaired) electrons. The van der Waals surface area contributed by atoms with E-state index in [9.17, 15) is 0 Å². The van der Waals surface area contributed by atoms with Crippen molar-refractivity contribution < 1.29 is 9.47 Å². The number of anilines is 3. The Hall–Kier alpha value is -2.50. The average Bonchev–Trinajstić information content (AvgIpc) is 2.43. The molecule has 6 nitrogen and oxygen atoms in total. The van der Waals surface area contributed by atoms with E-state index in [2.05, 4.69) is 15.3 Å². The number of nitrogens with two attached hydrogens (primary N) is 1. The second-order valence-electron chi connectivity index (χ2n) is 3.73. The molecule has 0 bridgehead atoms. The van der Waals surface area contributed by atoms with Gasteiger partial charge in [0.1, 0.15) is 17.8 Å². The van der Waals surface area contributed by atoms with Crippen LogP contribution in [0.3, 0.4) is 0 Å². The fourth-order valence-electron chi connectivity index (χ4n) is 1.58. The predicted octanol–water partition coefficient (Wildman–Crippen LogP) is 2.21. The molecule has 1 aromatic heterocycles. The number of nitrogen functional groups attached to an aromatic ring is 1. The first-order valence-electron chi connectivity index (χ1n) is 5.89. The van der Waals surface area contributed by atoms with E-state index in [4.69, 9.17) is 15.2 Å². The highest BCUT2D eigenvalue weighted by molar-refractivity contribution is 5.72. The molecule has 3 N–H and O–H groups in total. The maximum atomic E-state index is 5.88. The number of benzene rings is 1. The summed E-state index contributed by atoms with van der Waals surface area (Å²) in [4.78, 5) is 8.00. The average molecular weight is 260 g/mol. The van der Waals surface area contributed by atoms with Gasteiger partial charge in [-0.05, 0) is 31.2 Å². The number of hydrogen-bond donors (Lipinski definition) is 2. The van der Waals surface area contributed by atoms with Crippen molar-refractivity contribution >= 4 is 17.2 Å². The number of aromatic nitrogens is 2. The molecule has 0 amide bonds. The summed E-state index contributed by atoms with van der Waals surface area (Å²) in [7, 11) is 1.51. The van der Waals surface area contributed by atoms with Crippen molar-refractivity contribution in [3.8, 4) is 11.6 Å². The molecular weight excluding hydrogens is 244 g/mol. The molecule has 0 atom stereocenters. The number of hydrogen-bond acceptors (Lipinski definition) is 6. The van der Waals surface area contributed by atoms with Crippen molar-refractivity contribution in [2.24, 2.45) is 0 Å². The van der Waals surface area contributed by atoms with Gasteiger partial charge in [-0.25, -0.2) is 4.98 Å². The standard InChI is InChI=1S/C13H16N4O2/c1-3-19-10-6-4-9(5-7-10)17-12-11(14)13(18-2)16-8-15-12/h4-8H,3,14H2,1-2H3,(H,15,16,17). The summed E-state index contributed by atoms with van der Waals surface area (Å²) in [6, 6.07) is 7.53. The lowest BCUT2D eigenvalue weighted by atomic mass is 10.3. The largest absolute Gasteiger partial charge is 0.494 e. The lowest BCUT2D eigenvalue weighted by Gasteiger charge is -2.10. The molecular formula is C13H16N4O2. The highest BCUT2D eigenvalue weighted by Crippen LogP contribution is 2.27. The van der Waals surface area contributed by atoms with Gasteiger partial charge in [0.05, 0.1) is 13.7 Å². The molecule has 1 aromatic carbocycles. The molecule has 19 heavy (non-hydrogen) atoms. The van der Waals surface area contributed by atoms with E-state index >= 15 is 0 Å². The smallest absolute Gasteiger partial charge is 0.242 e. The van der Waals surface area contributed by atoms with Crippen molar-refractivity contribution in [2.45, 2.75) is 6.92 Å². The van der Waals surface area contributed by atoms with Crippen LogP contribution in [0.1, 0.15) is 6.92 Å². The molecule has 6 heteroatoms. The zero-order valence-corrected chi connectivity index (χ0v) is 10.9. The number of rotatable bonds is 5. The Morgan fingerprint density at radius 3 is 2.58 bits per heavy atom. The normalized spacial score (nSPS) is 10.0. The van der Waals surface area contributed by atoms with Gasteiger partial charge in [0, 0.05) is 5.69 Å². The first kappa shape index (κ1) is 12.9. The maximum Gasteiger partial charge on any atom is 0.242 e. The summed E-state index contributed by atoms with van der Waals surface area (Å²) in [6.45, 7) is 2.59. The lowest BCUT2D eigenvalue weighted by molar-refractivity contribution is 0.340. The Balaban J connectivity index is 2.16. The molecule has 0 fully saturated rings. The molecule has 0 aliphatic heterocycles. The zero-order valence-electron chi connectivity index (χ0n) is 10.9. The van der Waals surface area contributed by atoms with E-state index in [-0.39, 0.29) is 0 Å². The summed E-state index contributed by atoms with van der Waals surface area (Å²) in [5, 5.41) is 3.10. The quantitative estimate of drug-likeness (QED) is 0.857. The van der Waals surface area contributed by atoms with Gasteiger partial charge in [-0.15, -0.1) is 0 Å². The molecule has 0 aliphatic rings. The van der Waals surface area contributed by atoms with E-state index in [0.717, 1.165) is 11.4 Å². The van der Waals surface area contributed by atoms with E-state index in [0.29, 0.717) is 24.0 Å². The molecule has 100 valence electrons. The van der Waals surface area contributed by atoms with Gasteiger partial charge >= 0.3 is 0 Å². The molecule has 2 rings (SSSR count). The van der Waals surface area contributed by atoms with Crippen LogP contribution in [0.15, 0.2) is 30.6 Å². The van der Waals surface area contributed by atoms with Gasteiger partial charge in [0.2, 0.25) is 5.88 Å². The van der Waals surface area contributed by atoms with Gasteiger partial charge < -0.3 is 20.5 Å². The van der Waals surface area contributed by atoms with Crippen molar-refractivity contribution in [1.82, 2.24) is 9.97 Å². The van der Waals surface area contributed by atoms with Crippen LogP contribution in [0.4, 0.5) is 17.2 Å². The Bertz CT molecular complexity index is 543. The van der Waals surface area contributed by atoms with Crippen molar-refractivity contribution in [1.29, 1.82) is 0 Å². The third-order valence-electron chi connectivity index (χ3n) is 2.47. The minimum atomic E-state index is 0.350. The molecule has 2 aromatic rings. The summed E-state index contributed by atoms with van der Waals surface area (Å²) in [5.41, 5.74) is 7.11. The van der Waals surface area contributed by atoms with Gasteiger partial charge in [0.25, 0.3) is 0 Å². The maximum absolute atomic E-state index is 5.88. The second kappa shape index (κ2) is 5.90. The molecule has 1 heterocycles. The van der Waals surface area contributed by atoms with Crippen LogP contribution in [0, 0.1) is 0 Å². The molecule has 0 saturated heterocycles. The third kappa shape index (κ3) is 3.04. The molecule has 0 aliphatic carbocycles. The Morgan fingerprint density at radius 1 is 1.21 bits per heavy atom. The van der Waals surface area contributed by atoms with Crippen LogP contribution in [0.25, 0.3) is 0 Å². The Labute approximate surface area is 111 Å². The molecule has 0 unspecified atom stereocenters.